The number of hydrogen-bond donors (Lipinski definition) is 1. The van der Waals surface area contributed by atoms with Crippen molar-refractivity contribution in [1.82, 2.24) is 12.6 Å². The Labute approximate surface area is 200 Å². The van der Waals surface area contributed by atoms with Crippen molar-refractivity contribution in [3.05, 3.63) is 77.7 Å². The van der Waals surface area contributed by atoms with Crippen LogP contribution in [0.5, 0.6) is 0 Å². The number of sulfone groups is 1. The number of nitrogens with one attached hydrogen (secondary N) is 1. The van der Waals surface area contributed by atoms with Gasteiger partial charge in [0.05, 0.1) is 0 Å². The zero-order valence-corrected chi connectivity index (χ0v) is 21.6. The maximum absolute atomic E-state index is 13.5. The predicted molar refractivity (Wildman–Crippen MR) is 110 cm³/mol. The molecule has 0 fully saturated rings. The van der Waals surface area contributed by atoms with Gasteiger partial charge in [-0.1, -0.05) is 0 Å². The number of amides is 1. The molecule has 7 nitrogen and oxygen atoms in total. The van der Waals surface area contributed by atoms with Gasteiger partial charge in [0.25, 0.3) is 0 Å². The second-order valence-corrected chi connectivity index (χ2v) is 10.7. The van der Waals surface area contributed by atoms with Crippen LogP contribution in [-0.4, -0.2) is 53.0 Å². The van der Waals surface area contributed by atoms with E-state index in [1.54, 1.807) is 0 Å². The molecule has 166 valence electrons. The van der Waals surface area contributed by atoms with Gasteiger partial charge in [0.1, 0.15) is 0 Å². The molecular weight excluding hydrogens is 657 g/mol. The molecule has 0 aliphatic rings. The first-order valence-corrected chi connectivity index (χ1v) is 12.6. The van der Waals surface area contributed by atoms with Gasteiger partial charge in [-0.2, -0.15) is 0 Å². The summed E-state index contributed by atoms with van der Waals surface area (Å²) >= 11 is 0.0925. The molecule has 33 heavy (non-hydrogen) atoms. The van der Waals surface area contributed by atoms with Gasteiger partial charge in [0.2, 0.25) is 0 Å². The summed E-state index contributed by atoms with van der Waals surface area (Å²) in [5, 5.41) is 6.75. The van der Waals surface area contributed by atoms with Crippen LogP contribution in [0.4, 0.5) is 23.4 Å². The molecule has 2 aromatic carbocycles. The Morgan fingerprint density at radius 1 is 1.03 bits per heavy atom. The summed E-state index contributed by atoms with van der Waals surface area (Å²) in [5.74, 6) is -1.64. The van der Waals surface area contributed by atoms with Crippen molar-refractivity contribution in [3.8, 4) is 0 Å². The van der Waals surface area contributed by atoms with E-state index < -0.39 is 33.3 Å². The summed E-state index contributed by atoms with van der Waals surface area (Å²) in [6.07, 6.45) is -3.52. The van der Waals surface area contributed by atoms with Crippen LogP contribution in [-0.2, 0) is 16.0 Å². The number of nitrogens with zero attached hydrogens (tertiary/aromatic N) is 3. The molecule has 4 aromatic rings. The third kappa shape index (κ3) is 4.62. The number of alkyl halides is 3. The molecule has 0 bridgehead atoms. The van der Waals surface area contributed by atoms with Crippen molar-refractivity contribution in [3.63, 3.8) is 0 Å². The van der Waals surface area contributed by atoms with Crippen LogP contribution < -0.4 is 5.32 Å². The SMILES string of the molecule is O=C(Nc1n[n]([Tl])c2ncc(S(=O)(=O)c3cccc(F)c3)cc12)c1cccc(C(F)(F)F)c1. The van der Waals surface area contributed by atoms with Gasteiger partial charge in [0, 0.05) is 0 Å². The number of aromatic nitrogens is 3. The van der Waals surface area contributed by atoms with Crippen molar-refractivity contribution in [2.75, 3.05) is 5.32 Å². The molecule has 4 rings (SSSR count). The third-order valence-electron chi connectivity index (χ3n) is 4.62. The Hall–Kier alpha value is -2.88. The first-order chi connectivity index (χ1) is 15.5. The van der Waals surface area contributed by atoms with Gasteiger partial charge < -0.3 is 0 Å². The Bertz CT molecular complexity index is 1500. The molecule has 2 heterocycles. The zero-order valence-electron chi connectivity index (χ0n) is 16.3. The maximum atomic E-state index is 13.5. The molecule has 1 N–H and O–H groups in total. The average molecular weight is 668 g/mol. The summed E-state index contributed by atoms with van der Waals surface area (Å²) < 4.78 is 79.7. The van der Waals surface area contributed by atoms with Crippen LogP contribution >= 0.6 is 0 Å². The van der Waals surface area contributed by atoms with E-state index in [1.807, 2.05) is 0 Å². The van der Waals surface area contributed by atoms with Crippen LogP contribution in [0.1, 0.15) is 15.9 Å². The molecule has 0 radical (unpaired) electrons. The van der Waals surface area contributed by atoms with E-state index in [4.69, 9.17) is 0 Å². The number of rotatable bonds is 4. The second kappa shape index (κ2) is 8.48. The van der Waals surface area contributed by atoms with Crippen molar-refractivity contribution < 1.29 is 30.8 Å². The number of anilines is 1. The summed E-state index contributed by atoms with van der Waals surface area (Å²) in [7, 11) is -4.13. The van der Waals surface area contributed by atoms with Crippen LogP contribution in [0.25, 0.3) is 11.0 Å². The van der Waals surface area contributed by atoms with Gasteiger partial charge in [-0.15, -0.1) is 0 Å². The number of benzene rings is 2. The van der Waals surface area contributed by atoms with E-state index in [-0.39, 0.29) is 58.3 Å². The molecule has 0 atom stereocenters. The second-order valence-electron chi connectivity index (χ2n) is 6.83. The van der Waals surface area contributed by atoms with E-state index in [9.17, 15) is 30.8 Å². The van der Waals surface area contributed by atoms with Crippen LogP contribution in [0, 0.1) is 5.82 Å². The fourth-order valence-electron chi connectivity index (χ4n) is 3.03. The van der Waals surface area contributed by atoms with Crippen LogP contribution in [0.15, 0.2) is 70.6 Å². The number of carbonyl (C=O) groups is 1. The Morgan fingerprint density at radius 3 is 2.45 bits per heavy atom. The van der Waals surface area contributed by atoms with Crippen LogP contribution in [0.2, 0.25) is 0 Å². The zero-order chi connectivity index (χ0) is 24.0. The minimum absolute atomic E-state index is 0.0568. The summed E-state index contributed by atoms with van der Waals surface area (Å²) in [4.78, 5) is 16.2. The standard InChI is InChI=1S/C20H12F4N4O3S.Tl/c21-13-5-2-6-14(8-13)32(30,31)15-9-16-17(25-10-15)27-28-18(16)26-19(29)11-3-1-4-12(7-11)20(22,23)24;/h1-10H,(H2,25,26,27,28,29);/q;+1/p-1. The molecule has 1 amide bonds. The molecule has 0 saturated carbocycles. The molecule has 13 heteroatoms. The molecule has 2 aromatic heterocycles. The Balaban J connectivity index is 1.73. The molecule has 0 spiro atoms. The van der Waals surface area contributed by atoms with Crippen molar-refractivity contribution in [2.24, 2.45) is 0 Å². The Morgan fingerprint density at radius 2 is 1.76 bits per heavy atom. The summed E-state index contributed by atoms with van der Waals surface area (Å²) in [6, 6.07) is 9.56. The van der Waals surface area contributed by atoms with E-state index >= 15 is 0 Å². The minimum atomic E-state index is -4.62. The molecular formula is C20H11F4N4O3STl. The van der Waals surface area contributed by atoms with Gasteiger partial charge in [0.15, 0.2) is 0 Å². The predicted octanol–water partition coefficient (Wildman–Crippen LogP) is 3.61. The third-order valence-corrected chi connectivity index (χ3v) is 7.74. The van der Waals surface area contributed by atoms with Crippen LogP contribution in [0.3, 0.4) is 0 Å². The summed E-state index contributed by atoms with van der Waals surface area (Å²) in [5.41, 5.74) is -0.947. The van der Waals surface area contributed by atoms with Crippen molar-refractivity contribution in [1.29, 1.82) is 0 Å². The number of pyridine rings is 1. The number of hydrogen-bond acceptors (Lipinski definition) is 5. The van der Waals surface area contributed by atoms with E-state index in [2.05, 4.69) is 15.4 Å². The van der Waals surface area contributed by atoms with Gasteiger partial charge in [-0.25, -0.2) is 0 Å². The Kier molecular flexibility index (Phi) is 5.98. The molecule has 0 unspecified atom stereocenters. The van der Waals surface area contributed by atoms with E-state index in [0.717, 1.165) is 30.5 Å². The summed E-state index contributed by atoms with van der Waals surface area (Å²) in [6.45, 7) is 0. The van der Waals surface area contributed by atoms with Crippen molar-refractivity contribution >= 4 is 58.7 Å². The first kappa shape index (κ1) is 23.3. The van der Waals surface area contributed by atoms with E-state index in [0.29, 0.717) is 6.07 Å². The first-order valence-electron chi connectivity index (χ1n) is 9.10. The monoisotopic (exact) mass is 668 g/mol. The van der Waals surface area contributed by atoms with Gasteiger partial charge in [-0.05, 0) is 0 Å². The van der Waals surface area contributed by atoms with Gasteiger partial charge >= 0.3 is 201 Å². The number of fused-ring (bicyclic) bond motifs is 1. The normalized spacial score (nSPS) is 12.1. The van der Waals surface area contributed by atoms with E-state index in [1.165, 1.54) is 26.8 Å². The molecule has 0 aliphatic carbocycles. The van der Waals surface area contributed by atoms with Gasteiger partial charge in [-0.3, -0.25) is 0 Å². The fraction of sp³-hybridized carbons (Fsp3) is 0.0500. The quantitative estimate of drug-likeness (QED) is 0.265. The number of halogens is 4. The topological polar surface area (TPSA) is 93.9 Å². The molecule has 0 aliphatic heterocycles. The fourth-order valence-corrected chi connectivity index (χ4v) is 5.54. The average Bonchev–Trinajstić information content (AvgIpc) is 3.08. The molecule has 0 saturated heterocycles. The number of carbonyl (C=O) groups excluding carboxylic acids is 1. The van der Waals surface area contributed by atoms with Crippen molar-refractivity contribution in [2.45, 2.75) is 16.0 Å².